The number of hydrogen-bond donors (Lipinski definition) is 1. The monoisotopic (exact) mass is 465 g/mol. The molecule has 1 aromatic heterocycles. The third-order valence-electron chi connectivity index (χ3n) is 5.80. The Balaban J connectivity index is 1.44. The summed E-state index contributed by atoms with van der Waals surface area (Å²) in [5, 5.41) is 10.7. The quantitative estimate of drug-likeness (QED) is 0.619. The number of fused-ring (bicyclic) bond motifs is 1. The number of carbonyl (C=O) groups is 2. The lowest BCUT2D eigenvalue weighted by Crippen LogP contribution is -2.42. The minimum absolute atomic E-state index is 0.0128. The largest absolute Gasteiger partial charge is 0.487 e. The van der Waals surface area contributed by atoms with E-state index in [2.05, 4.69) is 15.5 Å². The Labute approximate surface area is 195 Å². The molecule has 2 aliphatic heterocycles. The Hall–Kier alpha value is -3.95. The molecule has 5 rings (SSSR count). The molecule has 0 spiro atoms. The zero-order chi connectivity index (χ0) is 24.0. The second-order valence-corrected chi connectivity index (χ2v) is 9.05. The van der Waals surface area contributed by atoms with E-state index in [9.17, 15) is 14.0 Å². The molecule has 2 amide bonds. The van der Waals surface area contributed by atoms with Crippen molar-refractivity contribution < 1.29 is 23.5 Å². The second-order valence-electron chi connectivity index (χ2n) is 9.05. The topological polar surface area (TPSA) is 98.6 Å². The zero-order valence-corrected chi connectivity index (χ0v) is 19.1. The highest BCUT2D eigenvalue weighted by Crippen LogP contribution is 2.43. The van der Waals surface area contributed by atoms with Gasteiger partial charge in [-0.15, -0.1) is 5.10 Å². The SMILES string of the molecule is Cn1ncc(NC(=O)c2cc(Oc3ccc(C(=O)N4CCC4)c(F)c3)c3c(c2)OC(C)(C)C3)n1. The van der Waals surface area contributed by atoms with Gasteiger partial charge in [0.1, 0.15) is 28.7 Å². The maximum absolute atomic E-state index is 14.7. The molecule has 3 aromatic rings. The first kappa shape index (κ1) is 21.9. The maximum atomic E-state index is 14.7. The van der Waals surface area contributed by atoms with E-state index in [-0.39, 0.29) is 17.2 Å². The third-order valence-corrected chi connectivity index (χ3v) is 5.80. The lowest BCUT2D eigenvalue weighted by atomic mass is 9.99. The van der Waals surface area contributed by atoms with Gasteiger partial charge in [0.05, 0.1) is 11.8 Å². The van der Waals surface area contributed by atoms with Crippen molar-refractivity contribution in [3.63, 3.8) is 0 Å². The van der Waals surface area contributed by atoms with Gasteiger partial charge in [0.25, 0.3) is 11.8 Å². The molecule has 1 fully saturated rings. The molecule has 3 heterocycles. The number of amides is 2. The first-order valence-corrected chi connectivity index (χ1v) is 11.0. The van der Waals surface area contributed by atoms with Crippen LogP contribution in [0.4, 0.5) is 10.2 Å². The summed E-state index contributed by atoms with van der Waals surface area (Å²) in [5.74, 6) is 0.0408. The van der Waals surface area contributed by atoms with Crippen LogP contribution in [0.15, 0.2) is 36.5 Å². The van der Waals surface area contributed by atoms with Gasteiger partial charge in [0.15, 0.2) is 5.82 Å². The molecule has 0 saturated carbocycles. The van der Waals surface area contributed by atoms with E-state index in [1.807, 2.05) is 13.8 Å². The number of nitrogens with zero attached hydrogens (tertiary/aromatic N) is 4. The van der Waals surface area contributed by atoms with Crippen molar-refractivity contribution in [1.29, 1.82) is 0 Å². The molecule has 0 unspecified atom stereocenters. The number of ether oxygens (including phenoxy) is 2. The maximum Gasteiger partial charge on any atom is 0.257 e. The Bertz CT molecular complexity index is 1300. The summed E-state index contributed by atoms with van der Waals surface area (Å²) in [4.78, 5) is 28.2. The molecular formula is C24H24FN5O4. The predicted octanol–water partition coefficient (Wildman–Crippen LogP) is 3.56. The van der Waals surface area contributed by atoms with E-state index in [0.29, 0.717) is 42.4 Å². The molecule has 176 valence electrons. The normalized spacial score (nSPS) is 15.8. The van der Waals surface area contributed by atoms with Crippen LogP contribution in [-0.4, -0.2) is 50.4 Å². The number of nitrogens with one attached hydrogen (secondary N) is 1. The average molecular weight is 465 g/mol. The van der Waals surface area contributed by atoms with Gasteiger partial charge in [-0.25, -0.2) is 4.39 Å². The highest BCUT2D eigenvalue weighted by molar-refractivity contribution is 6.04. The molecule has 9 nitrogen and oxygen atoms in total. The Morgan fingerprint density at radius 3 is 2.65 bits per heavy atom. The first-order valence-electron chi connectivity index (χ1n) is 11.0. The zero-order valence-electron chi connectivity index (χ0n) is 19.1. The van der Waals surface area contributed by atoms with Crippen molar-refractivity contribution >= 4 is 17.6 Å². The van der Waals surface area contributed by atoms with Crippen LogP contribution in [0.2, 0.25) is 0 Å². The number of hydrogen-bond acceptors (Lipinski definition) is 6. The molecule has 2 aliphatic rings. The fourth-order valence-electron chi connectivity index (χ4n) is 4.01. The number of aromatic nitrogens is 3. The summed E-state index contributed by atoms with van der Waals surface area (Å²) in [6.45, 7) is 5.15. The summed E-state index contributed by atoms with van der Waals surface area (Å²) >= 11 is 0. The Kier molecular flexibility index (Phi) is 5.22. The lowest BCUT2D eigenvalue weighted by Gasteiger charge is -2.31. The van der Waals surface area contributed by atoms with Crippen molar-refractivity contribution in [2.45, 2.75) is 32.3 Å². The average Bonchev–Trinajstić information content (AvgIpc) is 3.27. The lowest BCUT2D eigenvalue weighted by molar-refractivity contribution is 0.0646. The molecule has 1 saturated heterocycles. The molecule has 1 N–H and O–H groups in total. The van der Waals surface area contributed by atoms with Crippen LogP contribution in [0.5, 0.6) is 17.2 Å². The van der Waals surface area contributed by atoms with Crippen LogP contribution in [-0.2, 0) is 13.5 Å². The second kappa shape index (κ2) is 8.12. The van der Waals surface area contributed by atoms with Crippen LogP contribution in [0.3, 0.4) is 0 Å². The first-order chi connectivity index (χ1) is 16.2. The van der Waals surface area contributed by atoms with E-state index < -0.39 is 17.3 Å². The number of benzene rings is 2. The fourth-order valence-corrected chi connectivity index (χ4v) is 4.01. The summed E-state index contributed by atoms with van der Waals surface area (Å²) in [6, 6.07) is 7.41. The number of carbonyl (C=O) groups excluding carboxylic acids is 2. The fraction of sp³-hybridized carbons (Fsp3) is 0.333. The number of likely N-dealkylation sites (tertiary alicyclic amines) is 1. The van der Waals surface area contributed by atoms with Gasteiger partial charge in [-0.3, -0.25) is 9.59 Å². The van der Waals surface area contributed by atoms with Crippen LogP contribution in [0.1, 0.15) is 46.5 Å². The highest BCUT2D eigenvalue weighted by atomic mass is 19.1. The van der Waals surface area contributed by atoms with E-state index in [0.717, 1.165) is 12.0 Å². The van der Waals surface area contributed by atoms with Crippen LogP contribution >= 0.6 is 0 Å². The minimum Gasteiger partial charge on any atom is -0.487 e. The molecule has 2 aromatic carbocycles. The Morgan fingerprint density at radius 1 is 1.21 bits per heavy atom. The van der Waals surface area contributed by atoms with Gasteiger partial charge in [0, 0.05) is 43.8 Å². The smallest absolute Gasteiger partial charge is 0.257 e. The summed E-state index contributed by atoms with van der Waals surface area (Å²) in [5.41, 5.74) is 0.599. The van der Waals surface area contributed by atoms with Gasteiger partial charge in [0.2, 0.25) is 0 Å². The molecule has 0 atom stereocenters. The van der Waals surface area contributed by atoms with Crippen molar-refractivity contribution in [2.75, 3.05) is 18.4 Å². The highest BCUT2D eigenvalue weighted by Gasteiger charge is 2.34. The molecule has 0 aliphatic carbocycles. The van der Waals surface area contributed by atoms with E-state index >= 15 is 0 Å². The molecule has 0 radical (unpaired) electrons. The van der Waals surface area contributed by atoms with Crippen molar-refractivity contribution in [1.82, 2.24) is 19.9 Å². The van der Waals surface area contributed by atoms with Gasteiger partial charge in [-0.2, -0.15) is 9.90 Å². The molecular weight excluding hydrogens is 441 g/mol. The Morgan fingerprint density at radius 2 is 2.00 bits per heavy atom. The summed E-state index contributed by atoms with van der Waals surface area (Å²) < 4.78 is 26.8. The van der Waals surface area contributed by atoms with Gasteiger partial charge >= 0.3 is 0 Å². The number of anilines is 1. The molecule has 10 heteroatoms. The molecule has 34 heavy (non-hydrogen) atoms. The van der Waals surface area contributed by atoms with Gasteiger partial charge < -0.3 is 19.7 Å². The molecule has 0 bridgehead atoms. The summed E-state index contributed by atoms with van der Waals surface area (Å²) in [7, 11) is 1.65. The minimum atomic E-state index is -0.654. The number of rotatable bonds is 5. The van der Waals surface area contributed by atoms with Crippen LogP contribution in [0, 0.1) is 5.82 Å². The van der Waals surface area contributed by atoms with E-state index in [4.69, 9.17) is 9.47 Å². The van der Waals surface area contributed by atoms with Crippen molar-refractivity contribution in [3.05, 3.63) is 59.0 Å². The summed E-state index contributed by atoms with van der Waals surface area (Å²) in [6.07, 6.45) is 2.92. The number of halogens is 1. The standard InChI is InChI=1S/C24H24FN5O4/c1-24(2)12-17-19(33-15-5-6-16(18(25)11-15)23(32)30-7-4-8-30)9-14(10-20(17)34-24)22(31)27-21-13-26-29(3)28-21/h5-6,9-11,13H,4,7-8,12H2,1-3H3,(H,27,28,31). The van der Waals surface area contributed by atoms with E-state index in [1.54, 1.807) is 30.1 Å². The van der Waals surface area contributed by atoms with Gasteiger partial charge in [-0.05, 0) is 44.5 Å². The number of aryl methyl sites for hydroxylation is 1. The van der Waals surface area contributed by atoms with Crippen molar-refractivity contribution in [3.8, 4) is 17.2 Å². The van der Waals surface area contributed by atoms with Crippen LogP contribution in [0.25, 0.3) is 0 Å². The predicted molar refractivity (Wildman–Crippen MR) is 121 cm³/mol. The van der Waals surface area contributed by atoms with Crippen LogP contribution < -0.4 is 14.8 Å². The van der Waals surface area contributed by atoms with Gasteiger partial charge in [-0.1, -0.05) is 0 Å². The van der Waals surface area contributed by atoms with E-state index in [1.165, 1.54) is 23.1 Å². The van der Waals surface area contributed by atoms with Crippen molar-refractivity contribution in [2.24, 2.45) is 7.05 Å². The third kappa shape index (κ3) is 4.18.